The summed E-state index contributed by atoms with van der Waals surface area (Å²) < 4.78 is 1.25. The number of aliphatic hydroxyl groups is 1. The highest BCUT2D eigenvalue weighted by atomic mass is 16.3. The number of aromatic nitrogens is 4. The van der Waals surface area contributed by atoms with E-state index in [1.807, 2.05) is 18.0 Å². The quantitative estimate of drug-likeness (QED) is 0.774. The molecule has 1 aliphatic rings. The van der Waals surface area contributed by atoms with Gasteiger partial charge in [-0.2, -0.15) is 9.61 Å². The van der Waals surface area contributed by atoms with Gasteiger partial charge in [-0.3, -0.25) is 0 Å². The van der Waals surface area contributed by atoms with Crippen LogP contribution >= 0.6 is 0 Å². The molecule has 0 unspecified atom stereocenters. The van der Waals surface area contributed by atoms with Gasteiger partial charge in [0, 0.05) is 13.6 Å². The van der Waals surface area contributed by atoms with Gasteiger partial charge in [-0.25, -0.2) is 9.89 Å². The van der Waals surface area contributed by atoms with Crippen LogP contribution in [-0.2, 0) is 0 Å². The van der Waals surface area contributed by atoms with Crippen molar-refractivity contribution in [3.05, 3.63) is 22.6 Å². The molecule has 2 N–H and O–H groups in total. The Kier molecular flexibility index (Phi) is 2.55. The molecule has 1 fully saturated rings. The molecule has 96 valence electrons. The van der Waals surface area contributed by atoms with E-state index >= 15 is 0 Å². The molecule has 1 saturated carbocycles. The molecule has 3 rings (SSSR count). The number of H-pyrrole nitrogens is 1. The zero-order valence-corrected chi connectivity index (χ0v) is 10.1. The molecule has 2 heterocycles. The lowest BCUT2D eigenvalue weighted by atomic mass is 9.82. The van der Waals surface area contributed by atoms with E-state index in [0.29, 0.717) is 11.6 Å². The number of anilines is 1. The molecule has 1 aliphatic carbocycles. The van der Waals surface area contributed by atoms with Crippen molar-refractivity contribution in [2.75, 3.05) is 18.5 Å². The number of nitrogens with one attached hydrogen (secondary N) is 1. The van der Waals surface area contributed by atoms with Crippen molar-refractivity contribution < 1.29 is 5.11 Å². The third-order valence-electron chi connectivity index (χ3n) is 3.39. The number of rotatable bonds is 3. The van der Waals surface area contributed by atoms with Gasteiger partial charge in [0.1, 0.15) is 5.82 Å². The number of aliphatic hydroxyl groups excluding tert-OH is 1. The van der Waals surface area contributed by atoms with E-state index < -0.39 is 0 Å². The van der Waals surface area contributed by atoms with Crippen molar-refractivity contribution in [3.8, 4) is 0 Å². The summed E-state index contributed by atoms with van der Waals surface area (Å²) in [6, 6.07) is 3.59. The standard InChI is InChI=1S/C11H15N5O2/c1-15(6-7-4-8(17)5-7)10-3-2-9-12-13-11(18)16(9)14-10/h2-3,7-8,17H,4-6H2,1H3,(H,13,18). The highest BCUT2D eigenvalue weighted by molar-refractivity contribution is 5.44. The third-order valence-corrected chi connectivity index (χ3v) is 3.39. The fourth-order valence-electron chi connectivity index (χ4n) is 2.33. The number of hydrogen-bond donors (Lipinski definition) is 2. The van der Waals surface area contributed by atoms with E-state index in [4.69, 9.17) is 0 Å². The molecule has 0 radical (unpaired) electrons. The van der Waals surface area contributed by atoms with Crippen LogP contribution in [0.2, 0.25) is 0 Å². The average Bonchev–Trinajstić information content (AvgIpc) is 2.69. The fraction of sp³-hybridized carbons (Fsp3) is 0.545. The average molecular weight is 249 g/mol. The Morgan fingerprint density at radius 3 is 3.06 bits per heavy atom. The van der Waals surface area contributed by atoms with Gasteiger partial charge in [0.05, 0.1) is 6.10 Å². The smallest absolute Gasteiger partial charge is 0.364 e. The van der Waals surface area contributed by atoms with Gasteiger partial charge in [-0.05, 0) is 30.9 Å². The van der Waals surface area contributed by atoms with Crippen LogP contribution in [0.4, 0.5) is 5.82 Å². The summed E-state index contributed by atoms with van der Waals surface area (Å²) in [5, 5.41) is 19.7. The van der Waals surface area contributed by atoms with Gasteiger partial charge < -0.3 is 10.0 Å². The molecule has 0 spiro atoms. The second kappa shape index (κ2) is 4.09. The van der Waals surface area contributed by atoms with Crippen LogP contribution in [0.3, 0.4) is 0 Å². The largest absolute Gasteiger partial charge is 0.393 e. The van der Waals surface area contributed by atoms with E-state index in [-0.39, 0.29) is 11.8 Å². The fourth-order valence-corrected chi connectivity index (χ4v) is 2.33. The third kappa shape index (κ3) is 1.86. The Hall–Kier alpha value is -1.89. The Morgan fingerprint density at radius 2 is 2.33 bits per heavy atom. The molecule has 18 heavy (non-hydrogen) atoms. The van der Waals surface area contributed by atoms with Gasteiger partial charge in [0.15, 0.2) is 5.65 Å². The second-order valence-corrected chi connectivity index (χ2v) is 4.86. The van der Waals surface area contributed by atoms with Crippen molar-refractivity contribution in [2.24, 2.45) is 5.92 Å². The van der Waals surface area contributed by atoms with Crippen molar-refractivity contribution in [2.45, 2.75) is 18.9 Å². The van der Waals surface area contributed by atoms with Crippen molar-refractivity contribution in [3.63, 3.8) is 0 Å². The number of fused-ring (bicyclic) bond motifs is 1. The van der Waals surface area contributed by atoms with Gasteiger partial charge in [0.25, 0.3) is 0 Å². The van der Waals surface area contributed by atoms with E-state index in [0.717, 1.165) is 25.2 Å². The maximum absolute atomic E-state index is 11.4. The molecule has 0 atom stereocenters. The van der Waals surface area contributed by atoms with Crippen LogP contribution in [-0.4, -0.2) is 44.6 Å². The molecule has 0 saturated heterocycles. The second-order valence-electron chi connectivity index (χ2n) is 4.86. The van der Waals surface area contributed by atoms with Gasteiger partial charge in [-0.1, -0.05) is 0 Å². The van der Waals surface area contributed by atoms with Gasteiger partial charge >= 0.3 is 5.69 Å². The topological polar surface area (TPSA) is 86.5 Å². The van der Waals surface area contributed by atoms with E-state index in [9.17, 15) is 9.90 Å². The predicted octanol–water partition coefficient (Wildman–Crippen LogP) is -0.375. The zero-order chi connectivity index (χ0) is 12.7. The number of hydrogen-bond acceptors (Lipinski definition) is 5. The number of aromatic amines is 1. The normalized spacial score (nSPS) is 23.0. The SMILES string of the molecule is CN(CC1CC(O)C1)c1ccc2n[nH]c(=O)n2n1. The molecule has 7 heteroatoms. The van der Waals surface area contributed by atoms with Gasteiger partial charge in [0.2, 0.25) is 0 Å². The first-order valence-electron chi connectivity index (χ1n) is 5.97. The van der Waals surface area contributed by atoms with E-state index in [2.05, 4.69) is 15.3 Å². The molecule has 0 aliphatic heterocycles. The highest BCUT2D eigenvalue weighted by Gasteiger charge is 2.28. The molecule has 0 amide bonds. The van der Waals surface area contributed by atoms with Crippen LogP contribution in [0, 0.1) is 5.92 Å². The molecule has 0 bridgehead atoms. The van der Waals surface area contributed by atoms with E-state index in [1.54, 1.807) is 6.07 Å². The Balaban J connectivity index is 1.80. The molecule has 7 nitrogen and oxygen atoms in total. The maximum Gasteiger partial charge on any atom is 0.364 e. The molecule has 2 aromatic rings. The summed E-state index contributed by atoms with van der Waals surface area (Å²) in [7, 11) is 1.93. The molecule has 0 aromatic carbocycles. The lowest BCUT2D eigenvalue weighted by Crippen LogP contribution is -2.37. The first-order valence-corrected chi connectivity index (χ1v) is 5.97. The van der Waals surface area contributed by atoms with Crippen molar-refractivity contribution in [1.82, 2.24) is 19.8 Å². The first kappa shape index (κ1) is 11.2. The predicted molar refractivity (Wildman–Crippen MR) is 65.6 cm³/mol. The minimum Gasteiger partial charge on any atom is -0.393 e. The summed E-state index contributed by atoms with van der Waals surface area (Å²) >= 11 is 0. The van der Waals surface area contributed by atoms with Gasteiger partial charge in [-0.15, -0.1) is 5.10 Å². The summed E-state index contributed by atoms with van der Waals surface area (Å²) in [6.45, 7) is 0.835. The molecular weight excluding hydrogens is 234 g/mol. The maximum atomic E-state index is 11.4. The highest BCUT2D eigenvalue weighted by Crippen LogP contribution is 2.28. The monoisotopic (exact) mass is 249 g/mol. The lowest BCUT2D eigenvalue weighted by Gasteiger charge is -2.34. The minimum atomic E-state index is -0.334. The Bertz CT molecular complexity index is 613. The van der Waals surface area contributed by atoms with Crippen LogP contribution in [0.15, 0.2) is 16.9 Å². The van der Waals surface area contributed by atoms with Crippen molar-refractivity contribution >= 4 is 11.5 Å². The summed E-state index contributed by atoms with van der Waals surface area (Å²) in [5.74, 6) is 1.23. The Morgan fingerprint density at radius 1 is 1.56 bits per heavy atom. The minimum absolute atomic E-state index is 0.143. The molecular formula is C11H15N5O2. The Labute approximate surface area is 103 Å². The lowest BCUT2D eigenvalue weighted by molar-refractivity contribution is 0.0464. The van der Waals surface area contributed by atoms with Crippen molar-refractivity contribution in [1.29, 1.82) is 0 Å². The number of nitrogens with zero attached hydrogens (tertiary/aromatic N) is 4. The van der Waals surface area contributed by atoms with E-state index in [1.165, 1.54) is 4.52 Å². The summed E-state index contributed by atoms with van der Waals surface area (Å²) in [4.78, 5) is 13.4. The van der Waals surface area contributed by atoms with Crippen LogP contribution in [0.1, 0.15) is 12.8 Å². The summed E-state index contributed by atoms with van der Waals surface area (Å²) in [6.07, 6.45) is 1.55. The van der Waals surface area contributed by atoms with Crippen LogP contribution in [0.25, 0.3) is 5.65 Å². The molecule has 2 aromatic heterocycles. The zero-order valence-electron chi connectivity index (χ0n) is 10.1. The summed E-state index contributed by atoms with van der Waals surface area (Å²) in [5.41, 5.74) is 0.176. The van der Waals surface area contributed by atoms with Crippen LogP contribution in [0.5, 0.6) is 0 Å². The first-order chi connectivity index (χ1) is 8.63. The van der Waals surface area contributed by atoms with Crippen LogP contribution < -0.4 is 10.6 Å².